The van der Waals surface area contributed by atoms with Crippen LogP contribution in [0.4, 0.5) is 0 Å². The third-order valence-corrected chi connectivity index (χ3v) is 4.85. The van der Waals surface area contributed by atoms with Crippen LogP contribution in [0.25, 0.3) is 11.3 Å². The van der Waals surface area contributed by atoms with E-state index >= 15 is 0 Å². The van der Waals surface area contributed by atoms with Crippen LogP contribution in [-0.2, 0) is 13.6 Å². The number of amides is 1. The van der Waals surface area contributed by atoms with Gasteiger partial charge in [-0.1, -0.05) is 0 Å². The largest absolute Gasteiger partial charge is 0.346 e. The maximum atomic E-state index is 12.1. The number of hydrogen-bond acceptors (Lipinski definition) is 4. The molecular formula is C15H13BrN4OS. The standard InChI is InChI=1S/C15H13BrN4OS/c1-20-12(6-13(19-20)10-3-2-4-17-7-10)8-18-15(21)14-5-11(16)9-22-14/h2-7,9H,8H2,1H3,(H,18,21). The molecule has 0 spiro atoms. The molecule has 0 atom stereocenters. The van der Waals surface area contributed by atoms with Crippen LogP contribution >= 0.6 is 27.3 Å². The van der Waals surface area contributed by atoms with Gasteiger partial charge in [0.1, 0.15) is 0 Å². The second-order valence-corrected chi connectivity index (χ2v) is 6.52. The zero-order valence-electron chi connectivity index (χ0n) is 11.8. The predicted octanol–water partition coefficient (Wildman–Crippen LogP) is 3.24. The zero-order chi connectivity index (χ0) is 15.5. The summed E-state index contributed by atoms with van der Waals surface area (Å²) in [6.45, 7) is 0.429. The second-order valence-electron chi connectivity index (χ2n) is 4.70. The Morgan fingerprint density at radius 2 is 2.32 bits per heavy atom. The lowest BCUT2D eigenvalue weighted by Crippen LogP contribution is -2.23. The van der Waals surface area contributed by atoms with Crippen molar-refractivity contribution < 1.29 is 4.79 Å². The summed E-state index contributed by atoms with van der Waals surface area (Å²) < 4.78 is 2.69. The van der Waals surface area contributed by atoms with Crippen molar-refractivity contribution in [3.8, 4) is 11.3 Å². The normalized spacial score (nSPS) is 10.6. The van der Waals surface area contributed by atoms with Crippen molar-refractivity contribution >= 4 is 33.2 Å². The fourth-order valence-electron chi connectivity index (χ4n) is 2.02. The number of hydrogen-bond donors (Lipinski definition) is 1. The Kier molecular flexibility index (Phi) is 4.35. The molecular weight excluding hydrogens is 364 g/mol. The number of halogens is 1. The third kappa shape index (κ3) is 3.26. The molecule has 3 aromatic heterocycles. The summed E-state index contributed by atoms with van der Waals surface area (Å²) in [4.78, 5) is 16.8. The Morgan fingerprint density at radius 3 is 3.00 bits per heavy atom. The molecule has 0 saturated carbocycles. The first kappa shape index (κ1) is 14.9. The summed E-state index contributed by atoms with van der Waals surface area (Å²) >= 11 is 4.76. The van der Waals surface area contributed by atoms with E-state index in [0.29, 0.717) is 11.4 Å². The highest BCUT2D eigenvalue weighted by Crippen LogP contribution is 2.20. The van der Waals surface area contributed by atoms with E-state index in [1.54, 1.807) is 17.1 Å². The molecule has 0 bridgehead atoms. The van der Waals surface area contributed by atoms with Gasteiger partial charge in [0, 0.05) is 34.9 Å². The van der Waals surface area contributed by atoms with Crippen LogP contribution in [0, 0.1) is 0 Å². The zero-order valence-corrected chi connectivity index (χ0v) is 14.2. The molecule has 3 aromatic rings. The minimum Gasteiger partial charge on any atom is -0.346 e. The van der Waals surface area contributed by atoms with E-state index in [1.807, 2.05) is 36.7 Å². The van der Waals surface area contributed by atoms with Crippen LogP contribution in [0.2, 0.25) is 0 Å². The van der Waals surface area contributed by atoms with Crippen LogP contribution in [0.5, 0.6) is 0 Å². The summed E-state index contributed by atoms with van der Waals surface area (Å²) in [7, 11) is 1.86. The molecule has 7 heteroatoms. The minimum absolute atomic E-state index is 0.0835. The number of carbonyl (C=O) groups excluding carboxylic acids is 1. The molecule has 0 aliphatic heterocycles. The number of nitrogens with one attached hydrogen (secondary N) is 1. The van der Waals surface area contributed by atoms with Crippen LogP contribution < -0.4 is 5.32 Å². The quantitative estimate of drug-likeness (QED) is 0.760. The van der Waals surface area contributed by atoms with Gasteiger partial charge in [-0.2, -0.15) is 5.10 Å². The van der Waals surface area contributed by atoms with Crippen molar-refractivity contribution in [3.05, 3.63) is 57.1 Å². The third-order valence-electron chi connectivity index (χ3n) is 3.16. The molecule has 5 nitrogen and oxygen atoms in total. The molecule has 1 N–H and O–H groups in total. The van der Waals surface area contributed by atoms with Crippen molar-refractivity contribution in [1.29, 1.82) is 0 Å². The Bertz CT molecular complexity index is 797. The van der Waals surface area contributed by atoms with Crippen LogP contribution in [0.1, 0.15) is 15.4 Å². The Hall–Kier alpha value is -1.99. The van der Waals surface area contributed by atoms with Gasteiger partial charge in [-0.25, -0.2) is 0 Å². The molecule has 0 aliphatic carbocycles. The summed E-state index contributed by atoms with van der Waals surface area (Å²) in [5, 5.41) is 9.25. The van der Waals surface area contributed by atoms with Crippen molar-refractivity contribution in [2.24, 2.45) is 7.05 Å². The number of rotatable bonds is 4. The summed E-state index contributed by atoms with van der Waals surface area (Å²) in [5.41, 5.74) is 2.74. The lowest BCUT2D eigenvalue weighted by atomic mass is 10.2. The number of carbonyl (C=O) groups is 1. The number of nitrogens with zero attached hydrogens (tertiary/aromatic N) is 3. The fourth-order valence-corrected chi connectivity index (χ4v) is 3.36. The highest BCUT2D eigenvalue weighted by atomic mass is 79.9. The molecule has 3 rings (SSSR count). The van der Waals surface area contributed by atoms with Crippen molar-refractivity contribution in [2.45, 2.75) is 6.54 Å². The average Bonchev–Trinajstić information content (AvgIpc) is 3.12. The number of thiophene rings is 1. The summed E-state index contributed by atoms with van der Waals surface area (Å²) in [6, 6.07) is 7.60. The van der Waals surface area contributed by atoms with Gasteiger partial charge in [-0.3, -0.25) is 14.5 Å². The van der Waals surface area contributed by atoms with Gasteiger partial charge in [0.05, 0.1) is 22.8 Å². The molecule has 0 aromatic carbocycles. The van der Waals surface area contributed by atoms with E-state index in [0.717, 1.165) is 21.4 Å². The molecule has 0 radical (unpaired) electrons. The highest BCUT2D eigenvalue weighted by Gasteiger charge is 2.11. The maximum Gasteiger partial charge on any atom is 0.261 e. The second kappa shape index (κ2) is 6.41. The van der Waals surface area contributed by atoms with Gasteiger partial charge in [0.15, 0.2) is 0 Å². The lowest BCUT2D eigenvalue weighted by Gasteiger charge is -2.03. The summed E-state index contributed by atoms with van der Waals surface area (Å²) in [6.07, 6.45) is 3.50. The SMILES string of the molecule is Cn1nc(-c2cccnc2)cc1CNC(=O)c1cc(Br)cs1. The molecule has 0 aliphatic rings. The molecule has 0 saturated heterocycles. The smallest absolute Gasteiger partial charge is 0.261 e. The first-order valence-electron chi connectivity index (χ1n) is 6.59. The lowest BCUT2D eigenvalue weighted by molar-refractivity contribution is 0.0954. The molecule has 0 unspecified atom stereocenters. The topological polar surface area (TPSA) is 59.8 Å². The van der Waals surface area contributed by atoms with Crippen LogP contribution in [0.3, 0.4) is 0 Å². The van der Waals surface area contributed by atoms with Gasteiger partial charge >= 0.3 is 0 Å². The molecule has 22 heavy (non-hydrogen) atoms. The van der Waals surface area contributed by atoms with E-state index in [2.05, 4.69) is 31.3 Å². The van der Waals surface area contributed by atoms with Gasteiger partial charge in [0.2, 0.25) is 0 Å². The number of pyridine rings is 1. The van der Waals surface area contributed by atoms with Crippen molar-refractivity contribution in [1.82, 2.24) is 20.1 Å². The average molecular weight is 377 g/mol. The molecule has 3 heterocycles. The number of aromatic nitrogens is 3. The van der Waals surface area contributed by atoms with Gasteiger partial charge in [-0.05, 0) is 40.2 Å². The first-order chi connectivity index (χ1) is 10.6. The van der Waals surface area contributed by atoms with Gasteiger partial charge in [0.25, 0.3) is 5.91 Å². The van der Waals surface area contributed by atoms with Crippen molar-refractivity contribution in [3.63, 3.8) is 0 Å². The van der Waals surface area contributed by atoms with E-state index in [4.69, 9.17) is 0 Å². The Labute approximate surface area is 140 Å². The fraction of sp³-hybridized carbons (Fsp3) is 0.133. The molecule has 112 valence electrons. The first-order valence-corrected chi connectivity index (χ1v) is 8.26. The molecule has 0 fully saturated rings. The Balaban J connectivity index is 1.71. The Morgan fingerprint density at radius 1 is 1.45 bits per heavy atom. The van der Waals surface area contributed by atoms with E-state index < -0.39 is 0 Å². The highest BCUT2D eigenvalue weighted by molar-refractivity contribution is 9.10. The van der Waals surface area contributed by atoms with Crippen LogP contribution in [-0.4, -0.2) is 20.7 Å². The van der Waals surface area contributed by atoms with Gasteiger partial charge < -0.3 is 5.32 Å². The van der Waals surface area contributed by atoms with E-state index in [9.17, 15) is 4.79 Å². The predicted molar refractivity (Wildman–Crippen MR) is 89.6 cm³/mol. The number of aryl methyl sites for hydroxylation is 1. The molecule has 1 amide bonds. The van der Waals surface area contributed by atoms with Crippen molar-refractivity contribution in [2.75, 3.05) is 0 Å². The van der Waals surface area contributed by atoms with Crippen LogP contribution in [0.15, 0.2) is 46.5 Å². The maximum absolute atomic E-state index is 12.1. The summed E-state index contributed by atoms with van der Waals surface area (Å²) in [5.74, 6) is -0.0835. The van der Waals surface area contributed by atoms with Gasteiger partial charge in [-0.15, -0.1) is 11.3 Å². The van der Waals surface area contributed by atoms with E-state index in [1.165, 1.54) is 11.3 Å². The van der Waals surface area contributed by atoms with E-state index in [-0.39, 0.29) is 5.91 Å². The minimum atomic E-state index is -0.0835. The monoisotopic (exact) mass is 376 g/mol.